The van der Waals surface area contributed by atoms with E-state index in [1.165, 1.54) is 13.2 Å². The molecule has 0 aliphatic carbocycles. The Kier molecular flexibility index (Phi) is 8.02. The second-order valence-electron chi connectivity index (χ2n) is 6.70. The van der Waals surface area contributed by atoms with E-state index in [1.807, 2.05) is 30.3 Å². The van der Waals surface area contributed by atoms with Crippen molar-refractivity contribution in [2.75, 3.05) is 27.2 Å². The lowest BCUT2D eigenvalue weighted by Crippen LogP contribution is -2.40. The smallest absolute Gasteiger partial charge is 0.387 e. The normalized spacial score (nSPS) is 12.8. The van der Waals surface area contributed by atoms with Gasteiger partial charge in [-0.05, 0) is 41.6 Å². The van der Waals surface area contributed by atoms with Crippen molar-refractivity contribution in [3.8, 4) is 11.5 Å². The third kappa shape index (κ3) is 6.28. The van der Waals surface area contributed by atoms with Gasteiger partial charge in [0, 0.05) is 29.7 Å². The van der Waals surface area contributed by atoms with Crippen LogP contribution in [0.25, 0.3) is 10.1 Å². The van der Waals surface area contributed by atoms with Gasteiger partial charge in [-0.3, -0.25) is 4.99 Å². The molecule has 0 aliphatic heterocycles. The third-order valence-corrected chi connectivity index (χ3v) is 5.83. The Morgan fingerprint density at radius 1 is 1.13 bits per heavy atom. The lowest BCUT2D eigenvalue weighted by atomic mass is 10.1. The molecule has 9 heteroatoms. The van der Waals surface area contributed by atoms with Gasteiger partial charge in [-0.25, -0.2) is 0 Å². The molecule has 3 rings (SSSR count). The summed E-state index contributed by atoms with van der Waals surface area (Å²) in [5.74, 6) is 0.798. The average Bonchev–Trinajstić information content (AvgIpc) is 3.20. The maximum absolute atomic E-state index is 12.6. The Labute approximate surface area is 183 Å². The Hall–Kier alpha value is -2.91. The molecule has 0 saturated heterocycles. The molecule has 0 fully saturated rings. The highest BCUT2D eigenvalue weighted by molar-refractivity contribution is 7.19. The molecule has 1 atom stereocenters. The van der Waals surface area contributed by atoms with E-state index in [1.54, 1.807) is 30.5 Å². The van der Waals surface area contributed by atoms with E-state index in [2.05, 4.69) is 20.4 Å². The number of guanidine groups is 1. The lowest BCUT2D eigenvalue weighted by molar-refractivity contribution is -0.0512. The van der Waals surface area contributed by atoms with Gasteiger partial charge in [0.15, 0.2) is 17.5 Å². The average molecular weight is 450 g/mol. The number of halogens is 2. The van der Waals surface area contributed by atoms with Gasteiger partial charge < -0.3 is 25.2 Å². The van der Waals surface area contributed by atoms with Crippen LogP contribution < -0.4 is 20.1 Å². The van der Waals surface area contributed by atoms with E-state index in [4.69, 9.17) is 4.74 Å². The van der Waals surface area contributed by atoms with E-state index in [-0.39, 0.29) is 11.5 Å². The molecular weight excluding hydrogens is 424 g/mol. The highest BCUT2D eigenvalue weighted by Gasteiger charge is 2.13. The number of hydrogen-bond donors (Lipinski definition) is 3. The van der Waals surface area contributed by atoms with Crippen molar-refractivity contribution in [1.29, 1.82) is 0 Å². The summed E-state index contributed by atoms with van der Waals surface area (Å²) in [7, 11) is 3.04. The summed E-state index contributed by atoms with van der Waals surface area (Å²) in [4.78, 5) is 5.04. The van der Waals surface area contributed by atoms with Crippen molar-refractivity contribution in [2.24, 2.45) is 4.99 Å². The summed E-state index contributed by atoms with van der Waals surface area (Å²) in [6.07, 6.45) is -0.102. The van der Waals surface area contributed by atoms with Crippen LogP contribution in [-0.4, -0.2) is 44.9 Å². The molecule has 6 nitrogen and oxygen atoms in total. The molecule has 166 valence electrons. The van der Waals surface area contributed by atoms with Crippen LogP contribution in [0.3, 0.4) is 0 Å². The van der Waals surface area contributed by atoms with Crippen molar-refractivity contribution in [1.82, 2.24) is 10.6 Å². The fraction of sp³-hybridized carbons (Fsp3) is 0.318. The van der Waals surface area contributed by atoms with E-state index in [0.29, 0.717) is 25.5 Å². The predicted molar refractivity (Wildman–Crippen MR) is 119 cm³/mol. The van der Waals surface area contributed by atoms with Gasteiger partial charge in [-0.2, -0.15) is 8.78 Å². The van der Waals surface area contributed by atoms with Crippen LogP contribution >= 0.6 is 11.3 Å². The SMILES string of the molecule is CN=C(NCCc1ccc(OC)c(OC(F)F)c1)NCC(O)c1cc2ccccc2s1. The summed E-state index contributed by atoms with van der Waals surface area (Å²) in [5.41, 5.74) is 0.810. The molecule has 1 aromatic heterocycles. The highest BCUT2D eigenvalue weighted by Crippen LogP contribution is 2.30. The Morgan fingerprint density at radius 2 is 1.94 bits per heavy atom. The van der Waals surface area contributed by atoms with Crippen molar-refractivity contribution in [2.45, 2.75) is 19.1 Å². The first-order valence-corrected chi connectivity index (χ1v) is 10.5. The van der Waals surface area contributed by atoms with Gasteiger partial charge in [0.2, 0.25) is 0 Å². The maximum Gasteiger partial charge on any atom is 0.387 e. The largest absolute Gasteiger partial charge is 0.493 e. The van der Waals surface area contributed by atoms with Crippen molar-refractivity contribution in [3.05, 3.63) is 59.0 Å². The number of alkyl halides is 2. The number of benzene rings is 2. The standard InChI is InChI=1S/C22H25F2N3O3S/c1-25-22(27-13-16(28)20-12-15-5-3-4-6-19(15)31-20)26-10-9-14-7-8-17(29-2)18(11-14)30-21(23)24/h3-8,11-12,16,21,28H,9-10,13H2,1-2H3,(H2,25,26,27). The van der Waals surface area contributed by atoms with E-state index in [9.17, 15) is 13.9 Å². The summed E-state index contributed by atoms with van der Waals surface area (Å²) in [6.45, 7) is -2.10. The molecule has 0 radical (unpaired) electrons. The molecular formula is C22H25F2N3O3S. The monoisotopic (exact) mass is 449 g/mol. The number of aliphatic hydroxyl groups is 1. The van der Waals surface area contributed by atoms with E-state index in [0.717, 1.165) is 20.5 Å². The molecule has 0 aliphatic rings. The molecule has 0 spiro atoms. The minimum Gasteiger partial charge on any atom is -0.493 e. The van der Waals surface area contributed by atoms with Crippen LogP contribution in [0, 0.1) is 0 Å². The quantitative estimate of drug-likeness (QED) is 0.341. The maximum atomic E-state index is 12.6. The van der Waals surface area contributed by atoms with Crippen LogP contribution in [-0.2, 0) is 6.42 Å². The van der Waals surface area contributed by atoms with Crippen molar-refractivity contribution >= 4 is 27.4 Å². The van der Waals surface area contributed by atoms with Gasteiger partial charge in [0.25, 0.3) is 0 Å². The zero-order chi connectivity index (χ0) is 22.2. The fourth-order valence-corrected chi connectivity index (χ4v) is 4.12. The Morgan fingerprint density at radius 3 is 2.65 bits per heavy atom. The number of rotatable bonds is 9. The van der Waals surface area contributed by atoms with Gasteiger partial charge in [0.1, 0.15) is 6.10 Å². The van der Waals surface area contributed by atoms with Crippen LogP contribution in [0.1, 0.15) is 16.5 Å². The Balaban J connectivity index is 1.50. The number of hydrogen-bond acceptors (Lipinski definition) is 5. The molecule has 1 unspecified atom stereocenters. The number of nitrogens with one attached hydrogen (secondary N) is 2. The zero-order valence-corrected chi connectivity index (χ0v) is 18.1. The van der Waals surface area contributed by atoms with Crippen LogP contribution in [0.5, 0.6) is 11.5 Å². The minimum absolute atomic E-state index is 0.00367. The first-order valence-electron chi connectivity index (χ1n) is 9.73. The summed E-state index contributed by atoms with van der Waals surface area (Å²) < 4.78 is 35.8. The predicted octanol–water partition coefficient (Wildman–Crippen LogP) is 3.95. The number of ether oxygens (including phenoxy) is 2. The molecule has 3 aromatic rings. The molecule has 31 heavy (non-hydrogen) atoms. The summed E-state index contributed by atoms with van der Waals surface area (Å²) in [6, 6.07) is 14.9. The van der Waals surface area contributed by atoms with Crippen molar-refractivity contribution < 1.29 is 23.4 Å². The molecule has 0 amide bonds. The summed E-state index contributed by atoms with van der Waals surface area (Å²) >= 11 is 1.56. The molecule has 0 bridgehead atoms. The number of fused-ring (bicyclic) bond motifs is 1. The molecule has 2 aromatic carbocycles. The molecule has 1 heterocycles. The van der Waals surface area contributed by atoms with Gasteiger partial charge in [-0.1, -0.05) is 24.3 Å². The van der Waals surface area contributed by atoms with Gasteiger partial charge in [-0.15, -0.1) is 11.3 Å². The highest BCUT2D eigenvalue weighted by atomic mass is 32.1. The number of aliphatic hydroxyl groups excluding tert-OH is 1. The second-order valence-corrected chi connectivity index (χ2v) is 7.81. The van der Waals surface area contributed by atoms with Crippen LogP contribution in [0.4, 0.5) is 8.78 Å². The zero-order valence-electron chi connectivity index (χ0n) is 17.3. The second kappa shape index (κ2) is 10.9. The Bertz CT molecular complexity index is 993. The van der Waals surface area contributed by atoms with Crippen LogP contribution in [0.15, 0.2) is 53.5 Å². The minimum atomic E-state index is -2.92. The van der Waals surface area contributed by atoms with Crippen molar-refractivity contribution in [3.63, 3.8) is 0 Å². The third-order valence-electron chi connectivity index (χ3n) is 4.61. The fourth-order valence-electron chi connectivity index (χ4n) is 3.07. The summed E-state index contributed by atoms with van der Waals surface area (Å²) in [5, 5.41) is 17.9. The van der Waals surface area contributed by atoms with Gasteiger partial charge in [0.05, 0.1) is 7.11 Å². The van der Waals surface area contributed by atoms with E-state index >= 15 is 0 Å². The number of aliphatic imine (C=N–C) groups is 1. The first kappa shape index (κ1) is 22.8. The topological polar surface area (TPSA) is 75.1 Å². The van der Waals surface area contributed by atoms with Crippen LogP contribution in [0.2, 0.25) is 0 Å². The number of methoxy groups -OCH3 is 1. The molecule has 0 saturated carbocycles. The van der Waals surface area contributed by atoms with Gasteiger partial charge >= 0.3 is 6.61 Å². The lowest BCUT2D eigenvalue weighted by Gasteiger charge is -2.15. The van der Waals surface area contributed by atoms with E-state index < -0.39 is 12.7 Å². The number of thiophene rings is 1. The number of nitrogens with zero attached hydrogens (tertiary/aromatic N) is 1. The molecule has 3 N–H and O–H groups in total. The first-order chi connectivity index (χ1) is 15.0.